The van der Waals surface area contributed by atoms with Crippen molar-refractivity contribution in [3.63, 3.8) is 0 Å². The maximum atomic E-state index is 12.4. The Morgan fingerprint density at radius 3 is 2.20 bits per heavy atom. The van der Waals surface area contributed by atoms with Gasteiger partial charge in [-0.3, -0.25) is 30.6 Å². The number of nitrogens with one attached hydrogen (secondary N) is 4. The number of methoxy groups -OCH3 is 1. The van der Waals surface area contributed by atoms with Crippen molar-refractivity contribution in [3.05, 3.63) is 101 Å². The van der Waals surface area contributed by atoms with Crippen molar-refractivity contribution < 1.29 is 19.1 Å². The minimum atomic E-state index is -0.466. The molecular weight excluding hydrogens is 464 g/mol. The lowest BCUT2D eigenvalue weighted by atomic mass is 10.1. The quantitative estimate of drug-likeness (QED) is 0.240. The predicted molar refractivity (Wildman–Crippen MR) is 139 cm³/mol. The van der Waals surface area contributed by atoms with E-state index in [9.17, 15) is 14.4 Å². The molecule has 0 bridgehead atoms. The van der Waals surface area contributed by atoms with E-state index in [0.29, 0.717) is 16.8 Å². The van der Waals surface area contributed by atoms with Gasteiger partial charge in [0, 0.05) is 22.9 Å². The first kappa shape index (κ1) is 25.1. The van der Waals surface area contributed by atoms with Crippen LogP contribution in [-0.4, -0.2) is 29.9 Å². The SMILES string of the molecule is COc1ccc(/C=C/C(=O)NC(=S)NNC(=O)c2ccc(NC(=O)c3ccccc3C)cc2)cc1. The summed E-state index contributed by atoms with van der Waals surface area (Å²) in [4.78, 5) is 36.8. The molecule has 0 fully saturated rings. The molecule has 35 heavy (non-hydrogen) atoms. The first-order chi connectivity index (χ1) is 16.9. The van der Waals surface area contributed by atoms with Gasteiger partial charge in [0.15, 0.2) is 5.11 Å². The van der Waals surface area contributed by atoms with Crippen LogP contribution in [0.1, 0.15) is 31.8 Å². The van der Waals surface area contributed by atoms with E-state index in [1.165, 1.54) is 6.08 Å². The molecule has 0 aliphatic rings. The van der Waals surface area contributed by atoms with E-state index in [1.54, 1.807) is 73.8 Å². The number of carbonyl (C=O) groups is 3. The Labute approximate surface area is 208 Å². The van der Waals surface area contributed by atoms with Gasteiger partial charge < -0.3 is 10.1 Å². The average molecular weight is 489 g/mol. The average Bonchev–Trinajstić information content (AvgIpc) is 2.87. The summed E-state index contributed by atoms with van der Waals surface area (Å²) in [6.07, 6.45) is 2.94. The molecule has 3 aromatic rings. The van der Waals surface area contributed by atoms with E-state index < -0.39 is 11.8 Å². The zero-order valence-corrected chi connectivity index (χ0v) is 19.9. The maximum absolute atomic E-state index is 12.4. The van der Waals surface area contributed by atoms with Crippen molar-refractivity contribution in [2.45, 2.75) is 6.92 Å². The van der Waals surface area contributed by atoms with Crippen LogP contribution in [0.15, 0.2) is 78.9 Å². The molecule has 0 atom stereocenters. The molecule has 0 heterocycles. The number of carbonyl (C=O) groups excluding carboxylic acids is 3. The number of thiocarbonyl (C=S) groups is 1. The smallest absolute Gasteiger partial charge is 0.269 e. The van der Waals surface area contributed by atoms with Crippen molar-refractivity contribution in [1.82, 2.24) is 16.2 Å². The molecule has 0 unspecified atom stereocenters. The van der Waals surface area contributed by atoms with Crippen LogP contribution in [0, 0.1) is 6.92 Å². The van der Waals surface area contributed by atoms with E-state index >= 15 is 0 Å². The van der Waals surface area contributed by atoms with Crippen LogP contribution in [0.2, 0.25) is 0 Å². The minimum absolute atomic E-state index is 0.0650. The Kier molecular flexibility index (Phi) is 8.69. The molecule has 9 heteroatoms. The molecule has 0 saturated heterocycles. The van der Waals surface area contributed by atoms with Crippen LogP contribution in [0.3, 0.4) is 0 Å². The Balaban J connectivity index is 1.45. The number of anilines is 1. The lowest BCUT2D eigenvalue weighted by molar-refractivity contribution is -0.115. The molecule has 0 spiro atoms. The zero-order chi connectivity index (χ0) is 25.2. The van der Waals surface area contributed by atoms with Crippen molar-refractivity contribution in [2.75, 3.05) is 12.4 Å². The van der Waals surface area contributed by atoms with Crippen LogP contribution >= 0.6 is 12.2 Å². The summed E-state index contributed by atoms with van der Waals surface area (Å²) >= 11 is 5.03. The van der Waals surface area contributed by atoms with Crippen molar-refractivity contribution in [2.24, 2.45) is 0 Å². The molecule has 3 rings (SSSR count). The van der Waals surface area contributed by atoms with E-state index in [4.69, 9.17) is 17.0 Å². The second-order valence-electron chi connectivity index (χ2n) is 7.35. The summed E-state index contributed by atoms with van der Waals surface area (Å²) in [5, 5.41) is 5.17. The van der Waals surface area contributed by atoms with Gasteiger partial charge in [-0.15, -0.1) is 0 Å². The second-order valence-corrected chi connectivity index (χ2v) is 7.76. The number of hydrazine groups is 1. The fraction of sp³-hybridized carbons (Fsp3) is 0.0769. The molecule has 0 saturated carbocycles. The van der Waals surface area contributed by atoms with E-state index in [1.807, 2.05) is 19.1 Å². The standard InChI is InChI=1S/C26H24N4O4S/c1-17-5-3-4-6-22(17)25(33)27-20-12-10-19(11-13-20)24(32)29-30-26(35)28-23(31)16-9-18-7-14-21(34-2)15-8-18/h3-16H,1-2H3,(H,27,33)(H,29,32)(H2,28,30,31,35)/b16-9+. The van der Waals surface area contributed by atoms with E-state index in [2.05, 4.69) is 21.5 Å². The highest BCUT2D eigenvalue weighted by atomic mass is 32.1. The summed E-state index contributed by atoms with van der Waals surface area (Å²) in [5.74, 6) is -0.438. The van der Waals surface area contributed by atoms with Gasteiger partial charge in [0.1, 0.15) is 5.75 Å². The van der Waals surface area contributed by atoms with Gasteiger partial charge in [-0.2, -0.15) is 0 Å². The number of rotatable bonds is 6. The Morgan fingerprint density at radius 2 is 1.54 bits per heavy atom. The van der Waals surface area contributed by atoms with E-state index in [-0.39, 0.29) is 11.0 Å². The summed E-state index contributed by atoms with van der Waals surface area (Å²) in [5.41, 5.74) is 8.03. The van der Waals surface area contributed by atoms with Gasteiger partial charge in [0.25, 0.3) is 11.8 Å². The summed E-state index contributed by atoms with van der Waals surface area (Å²) in [6, 6.07) is 20.8. The maximum Gasteiger partial charge on any atom is 0.269 e. The minimum Gasteiger partial charge on any atom is -0.497 e. The Morgan fingerprint density at radius 1 is 0.857 bits per heavy atom. The largest absolute Gasteiger partial charge is 0.497 e. The highest BCUT2D eigenvalue weighted by Gasteiger charge is 2.10. The predicted octanol–water partition coefficient (Wildman–Crippen LogP) is 3.60. The van der Waals surface area contributed by atoms with Gasteiger partial charge in [-0.25, -0.2) is 0 Å². The Bertz CT molecular complexity index is 1260. The number of hydrogen-bond donors (Lipinski definition) is 4. The van der Waals surface area contributed by atoms with Crippen LogP contribution in [-0.2, 0) is 4.79 Å². The highest BCUT2D eigenvalue weighted by molar-refractivity contribution is 7.80. The molecule has 3 aromatic carbocycles. The molecule has 8 nitrogen and oxygen atoms in total. The summed E-state index contributed by atoms with van der Waals surface area (Å²) in [6.45, 7) is 1.86. The first-order valence-corrected chi connectivity index (χ1v) is 11.0. The molecule has 178 valence electrons. The number of ether oxygens (including phenoxy) is 1. The summed E-state index contributed by atoms with van der Waals surface area (Å²) in [7, 11) is 1.58. The van der Waals surface area contributed by atoms with E-state index in [0.717, 1.165) is 16.9 Å². The van der Waals surface area contributed by atoms with Gasteiger partial charge in [0.2, 0.25) is 5.91 Å². The van der Waals surface area contributed by atoms with Crippen LogP contribution in [0.4, 0.5) is 5.69 Å². The molecule has 3 amide bonds. The van der Waals surface area contributed by atoms with Crippen molar-refractivity contribution in [1.29, 1.82) is 0 Å². The fourth-order valence-electron chi connectivity index (χ4n) is 2.99. The van der Waals surface area contributed by atoms with Crippen LogP contribution in [0.25, 0.3) is 6.08 Å². The first-order valence-electron chi connectivity index (χ1n) is 10.6. The van der Waals surface area contributed by atoms with Gasteiger partial charge >= 0.3 is 0 Å². The van der Waals surface area contributed by atoms with Crippen molar-refractivity contribution >= 4 is 46.8 Å². The van der Waals surface area contributed by atoms with Crippen LogP contribution < -0.4 is 26.2 Å². The van der Waals surface area contributed by atoms with Gasteiger partial charge in [-0.05, 0) is 78.8 Å². The van der Waals surface area contributed by atoms with Crippen LogP contribution in [0.5, 0.6) is 5.75 Å². The molecule has 0 aliphatic heterocycles. The van der Waals surface area contributed by atoms with Gasteiger partial charge in [-0.1, -0.05) is 30.3 Å². The van der Waals surface area contributed by atoms with Crippen molar-refractivity contribution in [3.8, 4) is 5.75 Å². The molecule has 0 radical (unpaired) electrons. The monoisotopic (exact) mass is 488 g/mol. The lowest BCUT2D eigenvalue weighted by Crippen LogP contribution is -2.48. The molecule has 0 aromatic heterocycles. The zero-order valence-electron chi connectivity index (χ0n) is 19.1. The third-order valence-corrected chi connectivity index (χ3v) is 5.07. The highest BCUT2D eigenvalue weighted by Crippen LogP contribution is 2.14. The molecule has 4 N–H and O–H groups in total. The molecule has 0 aliphatic carbocycles. The number of aryl methyl sites for hydroxylation is 1. The molecular formula is C26H24N4O4S. The normalized spacial score (nSPS) is 10.3. The number of benzene rings is 3. The topological polar surface area (TPSA) is 109 Å². The second kappa shape index (κ2) is 12.1. The lowest BCUT2D eigenvalue weighted by Gasteiger charge is -2.11. The third kappa shape index (κ3) is 7.51. The van der Waals surface area contributed by atoms with Gasteiger partial charge in [0.05, 0.1) is 7.11 Å². The number of hydrogen-bond acceptors (Lipinski definition) is 5. The third-order valence-electron chi connectivity index (χ3n) is 4.86. The summed E-state index contributed by atoms with van der Waals surface area (Å²) < 4.78 is 5.09. The number of amides is 3. The Hall–Kier alpha value is -4.50. The fourth-order valence-corrected chi connectivity index (χ4v) is 3.14.